The molecule has 2 aromatic rings. The van der Waals surface area contributed by atoms with Crippen LogP contribution in [-0.4, -0.2) is 21.5 Å². The van der Waals surface area contributed by atoms with E-state index >= 15 is 0 Å². The molecule has 2 rings (SSSR count). The number of nitrogens with one attached hydrogen (secondary N) is 1. The highest BCUT2D eigenvalue weighted by molar-refractivity contribution is 5.85. The zero-order valence-corrected chi connectivity index (χ0v) is 8.77. The molecule has 2 aromatic heterocycles. The van der Waals surface area contributed by atoms with Gasteiger partial charge in [0.25, 0.3) is 0 Å². The molecule has 0 amide bonds. The van der Waals surface area contributed by atoms with Crippen molar-refractivity contribution in [2.24, 2.45) is 0 Å². The van der Waals surface area contributed by atoms with Gasteiger partial charge in [0.1, 0.15) is 12.1 Å². The third-order valence-electron chi connectivity index (χ3n) is 2.23. The standard InChI is InChI=1S/C11H14N4/c1-2-3-6-12-10-9-5-4-7-13-11(9)15-8-14-10/h4-5,7-8H,2-3,6H2,1H3,(H,12,13,14,15). The smallest absolute Gasteiger partial charge is 0.164 e. The van der Waals surface area contributed by atoms with E-state index in [4.69, 9.17) is 0 Å². The van der Waals surface area contributed by atoms with Gasteiger partial charge in [-0.25, -0.2) is 15.0 Å². The van der Waals surface area contributed by atoms with Crippen molar-refractivity contribution < 1.29 is 0 Å². The molecule has 0 bridgehead atoms. The summed E-state index contributed by atoms with van der Waals surface area (Å²) in [5.74, 6) is 0.876. The van der Waals surface area contributed by atoms with Crippen molar-refractivity contribution in [3.8, 4) is 0 Å². The van der Waals surface area contributed by atoms with Gasteiger partial charge in [0.05, 0.1) is 5.39 Å². The Balaban J connectivity index is 2.26. The molecule has 0 unspecified atom stereocenters. The van der Waals surface area contributed by atoms with Gasteiger partial charge in [-0.1, -0.05) is 13.3 Å². The first kappa shape index (κ1) is 9.83. The van der Waals surface area contributed by atoms with Crippen molar-refractivity contribution in [1.82, 2.24) is 15.0 Å². The van der Waals surface area contributed by atoms with Crippen molar-refractivity contribution in [1.29, 1.82) is 0 Å². The van der Waals surface area contributed by atoms with Gasteiger partial charge in [0, 0.05) is 12.7 Å². The molecule has 0 atom stereocenters. The molecule has 0 fully saturated rings. The lowest BCUT2D eigenvalue weighted by molar-refractivity contribution is 0.831. The number of pyridine rings is 1. The predicted molar refractivity (Wildman–Crippen MR) is 60.7 cm³/mol. The Morgan fingerprint density at radius 2 is 2.20 bits per heavy atom. The third-order valence-corrected chi connectivity index (χ3v) is 2.23. The highest BCUT2D eigenvalue weighted by atomic mass is 15.0. The van der Waals surface area contributed by atoms with E-state index in [1.807, 2.05) is 12.1 Å². The lowest BCUT2D eigenvalue weighted by Gasteiger charge is -2.06. The largest absolute Gasteiger partial charge is 0.369 e. The van der Waals surface area contributed by atoms with Gasteiger partial charge in [-0.2, -0.15) is 0 Å². The number of unbranched alkanes of at least 4 members (excludes halogenated alkanes) is 1. The predicted octanol–water partition coefficient (Wildman–Crippen LogP) is 2.24. The van der Waals surface area contributed by atoms with E-state index in [0.29, 0.717) is 0 Å². The summed E-state index contributed by atoms with van der Waals surface area (Å²) in [6.07, 6.45) is 5.61. The van der Waals surface area contributed by atoms with Crippen LogP contribution in [0.15, 0.2) is 24.7 Å². The fraction of sp³-hybridized carbons (Fsp3) is 0.364. The minimum Gasteiger partial charge on any atom is -0.369 e. The Labute approximate surface area is 88.8 Å². The second-order valence-corrected chi connectivity index (χ2v) is 3.38. The molecule has 0 aliphatic rings. The van der Waals surface area contributed by atoms with E-state index in [9.17, 15) is 0 Å². The fourth-order valence-corrected chi connectivity index (χ4v) is 1.42. The first-order valence-corrected chi connectivity index (χ1v) is 5.21. The maximum atomic E-state index is 4.22. The average molecular weight is 202 g/mol. The summed E-state index contributed by atoms with van der Waals surface area (Å²) in [4.78, 5) is 12.5. The van der Waals surface area contributed by atoms with Crippen LogP contribution in [0, 0.1) is 0 Å². The van der Waals surface area contributed by atoms with Crippen LogP contribution in [0.3, 0.4) is 0 Å². The summed E-state index contributed by atoms with van der Waals surface area (Å²) in [5.41, 5.74) is 0.742. The zero-order valence-electron chi connectivity index (χ0n) is 8.77. The lowest BCUT2D eigenvalue weighted by atomic mass is 10.3. The van der Waals surface area contributed by atoms with Crippen molar-refractivity contribution in [2.45, 2.75) is 19.8 Å². The maximum Gasteiger partial charge on any atom is 0.164 e. The minimum atomic E-state index is 0.742. The van der Waals surface area contributed by atoms with Crippen LogP contribution in [0.4, 0.5) is 5.82 Å². The third kappa shape index (κ3) is 2.21. The summed E-state index contributed by atoms with van der Waals surface area (Å²) in [6, 6.07) is 3.88. The highest BCUT2D eigenvalue weighted by Crippen LogP contribution is 2.16. The Kier molecular flexibility index (Phi) is 3.07. The van der Waals surface area contributed by atoms with Gasteiger partial charge in [-0.05, 0) is 18.6 Å². The molecule has 0 aromatic carbocycles. The van der Waals surface area contributed by atoms with Crippen LogP contribution in [0.2, 0.25) is 0 Å². The van der Waals surface area contributed by atoms with E-state index < -0.39 is 0 Å². The van der Waals surface area contributed by atoms with Crippen LogP contribution in [0.1, 0.15) is 19.8 Å². The molecule has 0 spiro atoms. The lowest BCUT2D eigenvalue weighted by Crippen LogP contribution is -2.04. The first-order valence-electron chi connectivity index (χ1n) is 5.21. The SMILES string of the molecule is CCCCNc1ncnc2ncccc12. The Morgan fingerprint density at radius 3 is 3.07 bits per heavy atom. The van der Waals surface area contributed by atoms with Crippen LogP contribution in [0.25, 0.3) is 11.0 Å². The van der Waals surface area contributed by atoms with Gasteiger partial charge in [0.15, 0.2) is 5.65 Å². The van der Waals surface area contributed by atoms with Crippen LogP contribution >= 0.6 is 0 Å². The summed E-state index contributed by atoms with van der Waals surface area (Å²) in [5, 5.41) is 4.28. The maximum absolute atomic E-state index is 4.22. The summed E-state index contributed by atoms with van der Waals surface area (Å²) in [6.45, 7) is 3.11. The van der Waals surface area contributed by atoms with Gasteiger partial charge in [-0.15, -0.1) is 0 Å². The van der Waals surface area contributed by atoms with E-state index in [1.165, 1.54) is 6.42 Å². The second-order valence-electron chi connectivity index (χ2n) is 3.38. The molecule has 0 aliphatic carbocycles. The van der Waals surface area contributed by atoms with Crippen molar-refractivity contribution in [3.05, 3.63) is 24.7 Å². The fourth-order valence-electron chi connectivity index (χ4n) is 1.42. The molecule has 0 saturated carbocycles. The average Bonchev–Trinajstić information content (AvgIpc) is 2.30. The summed E-state index contributed by atoms with van der Waals surface area (Å²) >= 11 is 0. The number of aromatic nitrogens is 3. The molecule has 4 heteroatoms. The number of hydrogen-bond donors (Lipinski definition) is 1. The van der Waals surface area contributed by atoms with E-state index in [0.717, 1.165) is 29.8 Å². The Hall–Kier alpha value is -1.71. The molecular formula is C11H14N4. The van der Waals surface area contributed by atoms with Crippen molar-refractivity contribution >= 4 is 16.9 Å². The normalized spacial score (nSPS) is 10.5. The number of rotatable bonds is 4. The van der Waals surface area contributed by atoms with Gasteiger partial charge in [-0.3, -0.25) is 0 Å². The molecule has 0 radical (unpaired) electrons. The molecule has 4 nitrogen and oxygen atoms in total. The quantitative estimate of drug-likeness (QED) is 0.772. The van der Waals surface area contributed by atoms with E-state index in [1.54, 1.807) is 12.5 Å². The van der Waals surface area contributed by atoms with Crippen LogP contribution < -0.4 is 5.32 Å². The van der Waals surface area contributed by atoms with Crippen molar-refractivity contribution in [2.75, 3.05) is 11.9 Å². The molecule has 0 aliphatic heterocycles. The van der Waals surface area contributed by atoms with Gasteiger partial charge >= 0.3 is 0 Å². The molecule has 15 heavy (non-hydrogen) atoms. The molecule has 2 heterocycles. The zero-order chi connectivity index (χ0) is 10.5. The second kappa shape index (κ2) is 4.68. The summed E-state index contributed by atoms with van der Waals surface area (Å²) < 4.78 is 0. The summed E-state index contributed by atoms with van der Waals surface area (Å²) in [7, 11) is 0. The highest BCUT2D eigenvalue weighted by Gasteiger charge is 2.01. The molecular weight excluding hydrogens is 188 g/mol. The molecule has 78 valence electrons. The van der Waals surface area contributed by atoms with Gasteiger partial charge < -0.3 is 5.32 Å². The van der Waals surface area contributed by atoms with Crippen LogP contribution in [-0.2, 0) is 0 Å². The Morgan fingerprint density at radius 1 is 1.27 bits per heavy atom. The molecule has 1 N–H and O–H groups in total. The Bertz CT molecular complexity index is 436. The van der Waals surface area contributed by atoms with E-state index in [2.05, 4.69) is 27.2 Å². The van der Waals surface area contributed by atoms with Crippen LogP contribution in [0.5, 0.6) is 0 Å². The number of hydrogen-bond acceptors (Lipinski definition) is 4. The van der Waals surface area contributed by atoms with Gasteiger partial charge in [0.2, 0.25) is 0 Å². The van der Waals surface area contributed by atoms with E-state index in [-0.39, 0.29) is 0 Å². The monoisotopic (exact) mass is 202 g/mol. The topological polar surface area (TPSA) is 50.7 Å². The first-order chi connectivity index (χ1) is 7.42. The number of nitrogens with zero attached hydrogens (tertiary/aromatic N) is 3. The number of anilines is 1. The minimum absolute atomic E-state index is 0.742. The number of fused-ring (bicyclic) bond motifs is 1. The molecule has 0 saturated heterocycles. The van der Waals surface area contributed by atoms with Crippen molar-refractivity contribution in [3.63, 3.8) is 0 Å².